The molecule has 5 rings (SSSR count). The Morgan fingerprint density at radius 3 is 2.32 bits per heavy atom. The van der Waals surface area contributed by atoms with Gasteiger partial charge in [-0.15, -0.1) is 24.9 Å². The number of carbonyl (C=O) groups is 3. The molecule has 2 bridgehead atoms. The van der Waals surface area contributed by atoms with Crippen LogP contribution in [0.3, 0.4) is 0 Å². The van der Waals surface area contributed by atoms with Crippen molar-refractivity contribution < 1.29 is 19.5 Å². The number of thioether (sulfide) groups is 1. The van der Waals surface area contributed by atoms with Crippen molar-refractivity contribution in [1.82, 2.24) is 9.80 Å². The van der Waals surface area contributed by atoms with Crippen molar-refractivity contribution in [2.75, 3.05) is 24.6 Å². The molecule has 0 saturated carbocycles. The third-order valence-electron chi connectivity index (χ3n) is 9.62. The number of amides is 3. The van der Waals surface area contributed by atoms with Gasteiger partial charge in [-0.1, -0.05) is 67.9 Å². The second-order valence-electron chi connectivity index (χ2n) is 12.7. The molecule has 3 heterocycles. The van der Waals surface area contributed by atoms with E-state index in [1.807, 2.05) is 44.2 Å². The van der Waals surface area contributed by atoms with Crippen LogP contribution in [0.5, 0.6) is 0 Å². The number of halogens is 1. The molecular weight excluding hydrogens is 594 g/mol. The van der Waals surface area contributed by atoms with Crippen molar-refractivity contribution in [2.24, 2.45) is 17.8 Å². The Balaban J connectivity index is 1.60. The largest absolute Gasteiger partial charge is 0.394 e. The number of nitrogens with zero attached hydrogens (tertiary/aromatic N) is 3. The van der Waals surface area contributed by atoms with Crippen LogP contribution in [0, 0.1) is 17.8 Å². The minimum absolute atomic E-state index is 0.0949. The van der Waals surface area contributed by atoms with E-state index < -0.39 is 33.4 Å². The molecule has 2 unspecified atom stereocenters. The molecule has 0 radical (unpaired) electrons. The first-order valence-electron chi connectivity index (χ1n) is 15.3. The minimum atomic E-state index is -0.859. The van der Waals surface area contributed by atoms with Crippen LogP contribution in [0.15, 0.2) is 79.9 Å². The first-order chi connectivity index (χ1) is 21.0. The number of hydrogen-bond acceptors (Lipinski definition) is 5. The fourth-order valence-corrected chi connectivity index (χ4v) is 10.1. The smallest absolute Gasteiger partial charge is 0.251 e. The van der Waals surface area contributed by atoms with Crippen molar-refractivity contribution in [3.05, 3.63) is 90.5 Å². The van der Waals surface area contributed by atoms with Crippen LogP contribution in [-0.4, -0.2) is 73.9 Å². The lowest BCUT2D eigenvalue weighted by atomic mass is 9.66. The van der Waals surface area contributed by atoms with Crippen LogP contribution in [0.1, 0.15) is 39.2 Å². The summed E-state index contributed by atoms with van der Waals surface area (Å²) >= 11 is 7.81. The molecule has 9 heteroatoms. The van der Waals surface area contributed by atoms with Gasteiger partial charge in [-0.05, 0) is 55.5 Å². The first-order valence-corrected chi connectivity index (χ1v) is 16.5. The molecule has 3 aliphatic rings. The van der Waals surface area contributed by atoms with Crippen LogP contribution in [-0.2, 0) is 20.9 Å². The highest BCUT2D eigenvalue weighted by molar-refractivity contribution is 8.02. The maximum atomic E-state index is 14.9. The summed E-state index contributed by atoms with van der Waals surface area (Å²) in [5.74, 6) is -1.98. The lowest BCUT2D eigenvalue weighted by Crippen LogP contribution is -2.58. The van der Waals surface area contributed by atoms with E-state index in [2.05, 4.69) is 20.1 Å². The molecule has 44 heavy (non-hydrogen) atoms. The van der Waals surface area contributed by atoms with Crippen molar-refractivity contribution in [2.45, 2.75) is 61.7 Å². The summed E-state index contributed by atoms with van der Waals surface area (Å²) in [5.41, 5.74) is 1.64. The molecule has 1 N–H and O–H groups in total. The van der Waals surface area contributed by atoms with Gasteiger partial charge in [0.05, 0.1) is 29.2 Å². The van der Waals surface area contributed by atoms with Crippen LogP contribution >= 0.6 is 23.4 Å². The van der Waals surface area contributed by atoms with Crippen molar-refractivity contribution in [1.29, 1.82) is 0 Å². The fraction of sp³-hybridized carbons (Fsp3) is 0.457. The van der Waals surface area contributed by atoms with E-state index >= 15 is 0 Å². The van der Waals surface area contributed by atoms with Crippen molar-refractivity contribution in [3.8, 4) is 0 Å². The van der Waals surface area contributed by atoms with Gasteiger partial charge in [-0.3, -0.25) is 14.4 Å². The summed E-state index contributed by atoms with van der Waals surface area (Å²) in [4.78, 5) is 49.3. The Hall–Kier alpha value is -3.07. The highest BCUT2D eigenvalue weighted by Crippen LogP contribution is 2.72. The Labute approximate surface area is 269 Å². The zero-order chi connectivity index (χ0) is 31.8. The second kappa shape index (κ2) is 12.7. The SMILES string of the molecule is C=CCN(Cc1ccccc1)C(=O)[C@H]1[C@H]2C(=O)N([C@@H](CO)C(C)C)C(C(=O)N(CC=C)c3ccc(Cl)cc3)C23CC[C@]1(C)S3. The van der Waals surface area contributed by atoms with E-state index in [4.69, 9.17) is 11.6 Å². The van der Waals surface area contributed by atoms with Gasteiger partial charge in [-0.2, -0.15) is 0 Å². The predicted octanol–water partition coefficient (Wildman–Crippen LogP) is 5.57. The molecule has 3 aliphatic heterocycles. The summed E-state index contributed by atoms with van der Waals surface area (Å²) < 4.78 is -1.34. The summed E-state index contributed by atoms with van der Waals surface area (Å²) in [6, 6.07) is 15.4. The Morgan fingerprint density at radius 1 is 1.07 bits per heavy atom. The Kier molecular flexibility index (Phi) is 9.36. The molecule has 3 amide bonds. The van der Waals surface area contributed by atoms with E-state index in [1.54, 1.807) is 62.9 Å². The summed E-state index contributed by atoms with van der Waals surface area (Å²) in [6.07, 6.45) is 4.71. The maximum Gasteiger partial charge on any atom is 0.251 e. The van der Waals surface area contributed by atoms with Gasteiger partial charge < -0.3 is 19.8 Å². The van der Waals surface area contributed by atoms with Crippen LogP contribution in [0.2, 0.25) is 5.02 Å². The number of aliphatic hydroxyl groups excluding tert-OH is 1. The van der Waals surface area contributed by atoms with E-state index in [-0.39, 0.29) is 36.8 Å². The number of aliphatic hydroxyl groups is 1. The van der Waals surface area contributed by atoms with Crippen LogP contribution < -0.4 is 4.90 Å². The van der Waals surface area contributed by atoms with E-state index in [9.17, 15) is 19.5 Å². The number of rotatable bonds is 12. The fourth-order valence-electron chi connectivity index (χ4n) is 7.61. The topological polar surface area (TPSA) is 81.2 Å². The molecule has 0 aromatic heterocycles. The zero-order valence-corrected chi connectivity index (χ0v) is 27.3. The molecular formula is C35H42ClN3O4S. The quantitative estimate of drug-likeness (QED) is 0.309. The zero-order valence-electron chi connectivity index (χ0n) is 25.7. The van der Waals surface area contributed by atoms with Crippen molar-refractivity contribution in [3.63, 3.8) is 0 Å². The van der Waals surface area contributed by atoms with Crippen molar-refractivity contribution >= 4 is 46.8 Å². The van der Waals surface area contributed by atoms with Gasteiger partial charge in [-0.25, -0.2) is 0 Å². The number of fused-ring (bicyclic) bond motifs is 1. The summed E-state index contributed by atoms with van der Waals surface area (Å²) in [5, 5.41) is 11.2. The van der Waals surface area contributed by atoms with Gasteiger partial charge >= 0.3 is 0 Å². The molecule has 7 nitrogen and oxygen atoms in total. The van der Waals surface area contributed by atoms with Gasteiger partial charge in [0.25, 0.3) is 5.91 Å². The average molecular weight is 636 g/mol. The van der Waals surface area contributed by atoms with E-state index in [1.165, 1.54) is 0 Å². The van der Waals surface area contributed by atoms with Gasteiger partial charge in [0.15, 0.2) is 0 Å². The number of anilines is 1. The van der Waals surface area contributed by atoms with Gasteiger partial charge in [0.1, 0.15) is 6.04 Å². The first kappa shape index (κ1) is 32.3. The number of carbonyl (C=O) groups excluding carboxylic acids is 3. The number of likely N-dealkylation sites (tertiary alicyclic amines) is 1. The molecule has 2 aromatic carbocycles. The summed E-state index contributed by atoms with van der Waals surface area (Å²) in [6.45, 7) is 14.5. The molecule has 234 valence electrons. The normalized spacial score (nSPS) is 27.7. The predicted molar refractivity (Wildman–Crippen MR) is 177 cm³/mol. The molecule has 0 aliphatic carbocycles. The number of hydrogen-bond donors (Lipinski definition) is 1. The highest BCUT2D eigenvalue weighted by Gasteiger charge is 2.78. The van der Waals surface area contributed by atoms with E-state index in [0.29, 0.717) is 36.6 Å². The summed E-state index contributed by atoms with van der Waals surface area (Å²) in [7, 11) is 0. The average Bonchev–Trinajstić information content (AvgIpc) is 3.57. The standard InChI is InChI=1S/C35H42ClN3O4S/c1-6-19-37(21-24-11-9-8-10-12-24)31(41)28-29-32(42)39(27(22-40)23(3)4)30(35(29)18-17-34(28,5)44-35)33(43)38(20-7-2)26-15-13-25(36)14-16-26/h6-16,23,27-30,40H,1-2,17-22H2,3-5H3/t27-,28+,29-,30?,34-,35?/m0/s1. The van der Waals surface area contributed by atoms with Crippen LogP contribution in [0.25, 0.3) is 0 Å². The Bertz CT molecular complexity index is 1420. The second-order valence-corrected chi connectivity index (χ2v) is 15.0. The highest BCUT2D eigenvalue weighted by atomic mass is 35.5. The van der Waals surface area contributed by atoms with Gasteiger partial charge in [0.2, 0.25) is 11.8 Å². The molecule has 6 atom stereocenters. The van der Waals surface area contributed by atoms with E-state index in [0.717, 1.165) is 5.56 Å². The third kappa shape index (κ3) is 5.39. The lowest BCUT2D eigenvalue weighted by molar-refractivity contribution is -0.147. The Morgan fingerprint density at radius 2 is 1.73 bits per heavy atom. The minimum Gasteiger partial charge on any atom is -0.394 e. The van der Waals surface area contributed by atoms with Gasteiger partial charge in [0, 0.05) is 35.1 Å². The molecule has 3 saturated heterocycles. The molecule has 2 aromatic rings. The maximum absolute atomic E-state index is 14.9. The third-order valence-corrected chi connectivity index (χ3v) is 11.9. The lowest BCUT2D eigenvalue weighted by Gasteiger charge is -2.40. The monoisotopic (exact) mass is 635 g/mol. The van der Waals surface area contributed by atoms with Crippen LogP contribution in [0.4, 0.5) is 5.69 Å². The molecule has 1 spiro atoms. The number of benzene rings is 2. The molecule has 3 fully saturated rings.